The average molecular weight is 485 g/mol. The molecule has 33 heavy (non-hydrogen) atoms. The molecule has 0 amide bonds. The molecule has 0 radical (unpaired) electrons. The second kappa shape index (κ2) is 9.89. The average Bonchev–Trinajstić information content (AvgIpc) is 2.92. The van der Waals surface area contributed by atoms with Gasteiger partial charge in [-0.05, 0) is 91.2 Å². The van der Waals surface area contributed by atoms with Crippen LogP contribution in [0.4, 0.5) is 14.5 Å². The number of azo groups is 1. The van der Waals surface area contributed by atoms with Gasteiger partial charge in [0.25, 0.3) is 0 Å². The third-order valence-corrected chi connectivity index (χ3v) is 6.30. The van der Waals surface area contributed by atoms with Crippen molar-refractivity contribution in [2.24, 2.45) is 10.2 Å². The molecular formula is C24H23F2N4OPS. The van der Waals surface area contributed by atoms with Gasteiger partial charge in [-0.25, -0.2) is 8.78 Å². The van der Waals surface area contributed by atoms with Gasteiger partial charge in [0.15, 0.2) is 5.69 Å². The molecule has 4 rings (SSSR count). The highest BCUT2D eigenvalue weighted by Crippen LogP contribution is 2.39. The van der Waals surface area contributed by atoms with Gasteiger partial charge in [-0.15, -0.1) is 19.5 Å². The molecule has 0 spiro atoms. The fraction of sp³-hybridized carbons (Fsp3) is 0.208. The number of fused-ring (bicyclic) bond motifs is 1. The third kappa shape index (κ3) is 5.18. The highest BCUT2D eigenvalue weighted by atomic mass is 32.1. The van der Waals surface area contributed by atoms with Crippen molar-refractivity contribution in [2.45, 2.75) is 32.7 Å². The number of thiocarbonyl (C=S) groups is 1. The molecule has 0 saturated heterocycles. The minimum absolute atomic E-state index is 0.0991. The van der Waals surface area contributed by atoms with E-state index in [0.717, 1.165) is 30.3 Å². The van der Waals surface area contributed by atoms with E-state index >= 15 is 0 Å². The Morgan fingerprint density at radius 2 is 2.09 bits per heavy atom. The Morgan fingerprint density at radius 3 is 2.88 bits per heavy atom. The van der Waals surface area contributed by atoms with Gasteiger partial charge in [0, 0.05) is 11.1 Å². The van der Waals surface area contributed by atoms with Crippen LogP contribution in [-0.4, -0.2) is 14.8 Å². The predicted octanol–water partition coefficient (Wildman–Crippen LogP) is 6.06. The summed E-state index contributed by atoms with van der Waals surface area (Å²) in [5.41, 5.74) is 2.77. The zero-order valence-corrected chi connectivity index (χ0v) is 19.9. The fourth-order valence-electron chi connectivity index (χ4n) is 3.72. The summed E-state index contributed by atoms with van der Waals surface area (Å²) in [4.78, 5) is 0. The summed E-state index contributed by atoms with van der Waals surface area (Å²) in [6.45, 7) is 1.87. The van der Waals surface area contributed by atoms with Gasteiger partial charge in [0.1, 0.15) is 11.6 Å². The summed E-state index contributed by atoms with van der Waals surface area (Å²) >= 11 is 5.28. The summed E-state index contributed by atoms with van der Waals surface area (Å²) in [6.07, 6.45) is 8.82. The lowest BCUT2D eigenvalue weighted by Gasteiger charge is -2.10. The molecule has 0 saturated carbocycles. The molecule has 0 aliphatic heterocycles. The van der Waals surface area contributed by atoms with Crippen LogP contribution in [0.3, 0.4) is 0 Å². The highest BCUT2D eigenvalue weighted by molar-refractivity contribution is 7.80. The van der Waals surface area contributed by atoms with Crippen molar-refractivity contribution in [1.82, 2.24) is 9.88 Å². The van der Waals surface area contributed by atoms with Crippen LogP contribution in [0.25, 0.3) is 10.9 Å². The predicted molar refractivity (Wildman–Crippen MR) is 134 cm³/mol. The lowest BCUT2D eigenvalue weighted by molar-refractivity contribution is 0.429. The molecule has 2 aromatic carbocycles. The molecule has 2 N–H and O–H groups in total. The van der Waals surface area contributed by atoms with E-state index in [1.54, 1.807) is 17.6 Å². The van der Waals surface area contributed by atoms with Crippen LogP contribution in [0.5, 0.6) is 5.88 Å². The molecule has 1 aliphatic rings. The van der Waals surface area contributed by atoms with E-state index in [-0.39, 0.29) is 29.0 Å². The molecular weight excluding hydrogens is 461 g/mol. The van der Waals surface area contributed by atoms with Gasteiger partial charge in [-0.3, -0.25) is 0 Å². The van der Waals surface area contributed by atoms with Crippen LogP contribution < -0.4 is 10.6 Å². The minimum atomic E-state index is -0.471. The summed E-state index contributed by atoms with van der Waals surface area (Å²) in [7, 11) is 2.51. The number of benzene rings is 2. The van der Waals surface area contributed by atoms with Crippen LogP contribution in [0, 0.1) is 18.6 Å². The first kappa shape index (κ1) is 23.2. The summed E-state index contributed by atoms with van der Waals surface area (Å²) in [6, 6.07) is 7.38. The van der Waals surface area contributed by atoms with Crippen molar-refractivity contribution >= 4 is 48.5 Å². The van der Waals surface area contributed by atoms with Gasteiger partial charge >= 0.3 is 0 Å². The number of allylic oxidation sites excluding steroid dienone is 4. The maximum Gasteiger partial charge on any atom is 0.221 e. The normalized spacial score (nSPS) is 14.0. The van der Waals surface area contributed by atoms with Gasteiger partial charge in [0.2, 0.25) is 11.0 Å². The maximum absolute atomic E-state index is 14.2. The molecule has 0 fully saturated rings. The Morgan fingerprint density at radius 1 is 1.27 bits per heavy atom. The lowest BCUT2D eigenvalue weighted by Crippen LogP contribution is -2.18. The Bertz CT molecular complexity index is 1310. The van der Waals surface area contributed by atoms with E-state index < -0.39 is 5.82 Å². The van der Waals surface area contributed by atoms with Gasteiger partial charge in [0.05, 0.1) is 12.1 Å². The van der Waals surface area contributed by atoms with Crippen molar-refractivity contribution in [1.29, 1.82) is 0 Å². The zero-order chi connectivity index (χ0) is 23.5. The first-order chi connectivity index (χ1) is 15.8. The Balaban J connectivity index is 1.67. The van der Waals surface area contributed by atoms with E-state index in [9.17, 15) is 13.9 Å². The van der Waals surface area contributed by atoms with E-state index in [1.807, 2.05) is 18.2 Å². The number of aromatic nitrogens is 1. The molecule has 0 bridgehead atoms. The van der Waals surface area contributed by atoms with Gasteiger partial charge in [-0.1, -0.05) is 12.2 Å². The summed E-state index contributed by atoms with van der Waals surface area (Å²) in [5, 5.41) is 23.4. The topological polar surface area (TPSA) is 61.9 Å². The van der Waals surface area contributed by atoms with Crippen LogP contribution in [0.1, 0.15) is 30.4 Å². The van der Waals surface area contributed by atoms with Crippen LogP contribution >= 0.6 is 21.5 Å². The summed E-state index contributed by atoms with van der Waals surface area (Å²) < 4.78 is 29.8. The van der Waals surface area contributed by atoms with Crippen molar-refractivity contribution < 1.29 is 13.9 Å². The second-order valence-corrected chi connectivity index (χ2v) is 8.86. The molecule has 9 heteroatoms. The highest BCUT2D eigenvalue weighted by Gasteiger charge is 2.18. The first-order valence-electron chi connectivity index (χ1n) is 10.5. The Labute approximate surface area is 198 Å². The molecule has 1 unspecified atom stereocenters. The monoisotopic (exact) mass is 484 g/mol. The smallest absolute Gasteiger partial charge is 0.221 e. The van der Waals surface area contributed by atoms with E-state index in [1.165, 1.54) is 18.2 Å². The lowest BCUT2D eigenvalue weighted by atomic mass is 10.1. The molecule has 5 nitrogen and oxygen atoms in total. The maximum atomic E-state index is 14.2. The minimum Gasteiger partial charge on any atom is -0.493 e. The molecule has 170 valence electrons. The standard InChI is InChI=1S/C24H23F2N4OPS/c1-14-19(26)10-15(11-21(14)32)13-30-20-9-8-16(25)12-18(20)22(23(30)31)28-29-24(33)27-17-6-4-2-3-5-7-17/h2,4,6,8-12,31H,3,5,7,13,32H2,1H3,(H,27,33). The Kier molecular flexibility index (Phi) is 6.96. The number of hydrogen-bond acceptors (Lipinski definition) is 3. The van der Waals surface area contributed by atoms with Crippen molar-refractivity contribution in [3.63, 3.8) is 0 Å². The molecule has 1 heterocycles. The van der Waals surface area contributed by atoms with Crippen LogP contribution in [0.2, 0.25) is 0 Å². The fourth-order valence-corrected chi connectivity index (χ4v) is 4.25. The van der Waals surface area contributed by atoms with Crippen LogP contribution in [0.15, 0.2) is 64.5 Å². The van der Waals surface area contributed by atoms with Gasteiger partial charge < -0.3 is 15.0 Å². The van der Waals surface area contributed by atoms with Crippen molar-refractivity contribution in [3.05, 3.63) is 77.0 Å². The van der Waals surface area contributed by atoms with E-state index in [0.29, 0.717) is 22.0 Å². The number of hydrogen-bond donors (Lipinski definition) is 2. The summed E-state index contributed by atoms with van der Waals surface area (Å²) in [5.74, 6) is -1.01. The van der Waals surface area contributed by atoms with E-state index in [2.05, 4.69) is 30.9 Å². The molecule has 1 atom stereocenters. The van der Waals surface area contributed by atoms with Gasteiger partial charge in [-0.2, -0.15) is 0 Å². The second-order valence-electron chi connectivity index (χ2n) is 7.85. The SMILES string of the molecule is Cc1c(F)cc(Cn2c(O)c(N=NC(=S)NC3=CC=CCCC3)c3cc(F)ccc32)cc1P. The van der Waals surface area contributed by atoms with Crippen molar-refractivity contribution in [3.8, 4) is 5.88 Å². The zero-order valence-electron chi connectivity index (χ0n) is 18.0. The largest absolute Gasteiger partial charge is 0.493 e. The number of nitrogens with zero attached hydrogens (tertiary/aromatic N) is 3. The van der Waals surface area contributed by atoms with Crippen LogP contribution in [-0.2, 0) is 6.54 Å². The third-order valence-electron chi connectivity index (χ3n) is 5.52. The Hall–Kier alpha value is -2.96. The molecule has 1 aromatic heterocycles. The van der Waals surface area contributed by atoms with E-state index in [4.69, 9.17) is 12.2 Å². The molecule has 1 aliphatic carbocycles. The number of halogens is 2. The number of rotatable bonds is 4. The number of aromatic hydroxyl groups is 1. The molecule has 3 aromatic rings. The first-order valence-corrected chi connectivity index (χ1v) is 11.5. The quantitative estimate of drug-likeness (QED) is 0.269. The number of nitrogens with one attached hydrogen (secondary N) is 1. The van der Waals surface area contributed by atoms with Crippen molar-refractivity contribution in [2.75, 3.05) is 0 Å².